The summed E-state index contributed by atoms with van der Waals surface area (Å²) in [6.45, 7) is 12.9. The van der Waals surface area contributed by atoms with Gasteiger partial charge in [0.25, 0.3) is 0 Å². The number of hydrogen-bond donors (Lipinski definition) is 0. The van der Waals surface area contributed by atoms with Gasteiger partial charge in [0.15, 0.2) is 0 Å². The van der Waals surface area contributed by atoms with Crippen LogP contribution in [0.25, 0.3) is 11.1 Å². The quantitative estimate of drug-likeness (QED) is 0.176. The third-order valence-corrected chi connectivity index (χ3v) is 10.2. The van der Waals surface area contributed by atoms with Gasteiger partial charge in [-0.3, -0.25) is 9.34 Å². The summed E-state index contributed by atoms with van der Waals surface area (Å²) in [4.78, 5) is 0. The second kappa shape index (κ2) is 9.17. The molecule has 0 bridgehead atoms. The van der Waals surface area contributed by atoms with Gasteiger partial charge in [-0.25, -0.2) is 0 Å². The summed E-state index contributed by atoms with van der Waals surface area (Å²) in [5.41, 5.74) is 10.1. The third-order valence-electron chi connectivity index (χ3n) is 7.32. The second-order valence-corrected chi connectivity index (χ2v) is 12.6. The minimum absolute atomic E-state index is 0.0652. The van der Waals surface area contributed by atoms with Crippen LogP contribution in [-0.4, -0.2) is 0 Å². The summed E-state index contributed by atoms with van der Waals surface area (Å²) < 4.78 is 6.07. The molecule has 2 nitrogen and oxygen atoms in total. The Morgan fingerprint density at radius 2 is 1.51 bits per heavy atom. The molecule has 0 amide bonds. The summed E-state index contributed by atoms with van der Waals surface area (Å²) in [6, 6.07) is 32.9. The van der Waals surface area contributed by atoms with Crippen molar-refractivity contribution in [1.82, 2.24) is 0 Å². The smallest absolute Gasteiger partial charge is 0.138 e. The SMILES string of the molecule is C=C/C=C(\C=C)P1N(c2ccccc2)c2cc(Br)ccc2N1c1cccc2c1-c1ccccc1C2(C)C. The lowest BCUT2D eigenvalue weighted by Gasteiger charge is -2.34. The van der Waals surface area contributed by atoms with Gasteiger partial charge in [-0.1, -0.05) is 116 Å². The number of benzene rings is 4. The summed E-state index contributed by atoms with van der Waals surface area (Å²) in [5, 5.41) is 1.14. The van der Waals surface area contributed by atoms with Crippen LogP contribution < -0.4 is 9.34 Å². The van der Waals surface area contributed by atoms with Crippen LogP contribution in [0.5, 0.6) is 0 Å². The van der Waals surface area contributed by atoms with E-state index in [0.717, 1.165) is 15.5 Å². The van der Waals surface area contributed by atoms with E-state index in [2.05, 4.69) is 149 Å². The predicted molar refractivity (Wildman–Crippen MR) is 164 cm³/mol. The number of rotatable bonds is 5. The standard InChI is InChI=1S/C33H28BrN2P/c1-5-13-25(6-2)37-35(24-14-8-7-9-15-24)31-22-23(34)20-21-29(31)36(37)30-19-12-18-28-32(30)26-16-10-11-17-27(26)33(28,3)4/h5-22H,1-2H2,3-4H3/b25-13+. The molecule has 0 spiro atoms. The van der Waals surface area contributed by atoms with Crippen molar-refractivity contribution in [2.45, 2.75) is 19.3 Å². The molecular weight excluding hydrogens is 535 g/mol. The van der Waals surface area contributed by atoms with Crippen molar-refractivity contribution in [3.05, 3.63) is 143 Å². The van der Waals surface area contributed by atoms with Gasteiger partial charge in [-0.2, -0.15) is 0 Å². The van der Waals surface area contributed by atoms with E-state index in [0.29, 0.717) is 0 Å². The molecule has 1 atom stereocenters. The molecule has 6 rings (SSSR count). The topological polar surface area (TPSA) is 6.48 Å². The van der Waals surface area contributed by atoms with E-state index in [1.807, 2.05) is 12.2 Å². The molecule has 0 fully saturated rings. The molecule has 0 aromatic heterocycles. The van der Waals surface area contributed by atoms with Crippen molar-refractivity contribution < 1.29 is 0 Å². The largest absolute Gasteiger partial charge is 0.296 e. The number of halogens is 1. The van der Waals surface area contributed by atoms with E-state index < -0.39 is 8.22 Å². The first-order chi connectivity index (χ1) is 18.0. The molecule has 4 heteroatoms. The zero-order valence-corrected chi connectivity index (χ0v) is 23.5. The van der Waals surface area contributed by atoms with Crippen molar-refractivity contribution in [3.63, 3.8) is 0 Å². The maximum Gasteiger partial charge on any atom is 0.138 e. The molecule has 37 heavy (non-hydrogen) atoms. The fourth-order valence-corrected chi connectivity index (χ4v) is 8.52. The summed E-state index contributed by atoms with van der Waals surface area (Å²) >= 11 is 3.74. The van der Waals surface area contributed by atoms with Gasteiger partial charge in [0.05, 0.1) is 17.1 Å². The third kappa shape index (κ3) is 3.64. The number of nitrogens with zero attached hydrogens (tertiary/aromatic N) is 2. The molecule has 0 saturated heterocycles. The molecule has 0 radical (unpaired) electrons. The summed E-state index contributed by atoms with van der Waals surface area (Å²) in [7, 11) is -1.04. The van der Waals surface area contributed by atoms with Crippen LogP contribution >= 0.6 is 24.2 Å². The Kier molecular flexibility index (Phi) is 5.94. The monoisotopic (exact) mass is 562 g/mol. The lowest BCUT2D eigenvalue weighted by Crippen LogP contribution is -2.17. The van der Waals surface area contributed by atoms with E-state index in [4.69, 9.17) is 0 Å². The minimum Gasteiger partial charge on any atom is -0.296 e. The average molecular weight is 563 g/mol. The molecule has 1 aliphatic carbocycles. The number of fused-ring (bicyclic) bond motifs is 4. The molecule has 4 aromatic carbocycles. The van der Waals surface area contributed by atoms with Crippen molar-refractivity contribution in [2.24, 2.45) is 0 Å². The average Bonchev–Trinajstić information content (AvgIpc) is 3.37. The molecule has 0 N–H and O–H groups in total. The number of allylic oxidation sites excluding steroid dienone is 4. The van der Waals surface area contributed by atoms with Crippen LogP contribution in [0, 0.1) is 0 Å². The van der Waals surface area contributed by atoms with Crippen molar-refractivity contribution >= 4 is 46.9 Å². The van der Waals surface area contributed by atoms with Crippen LogP contribution in [-0.2, 0) is 5.41 Å². The summed E-state index contributed by atoms with van der Waals surface area (Å²) in [6.07, 6.45) is 5.95. The molecule has 1 aliphatic heterocycles. The molecule has 0 saturated carbocycles. The Bertz CT molecular complexity index is 1570. The normalized spacial score (nSPS) is 17.3. The maximum atomic E-state index is 4.23. The highest BCUT2D eigenvalue weighted by Gasteiger charge is 2.44. The van der Waals surface area contributed by atoms with Gasteiger partial charge in [0.2, 0.25) is 0 Å². The Labute approximate surface area is 229 Å². The zero-order chi connectivity index (χ0) is 25.7. The first-order valence-corrected chi connectivity index (χ1v) is 14.4. The van der Waals surface area contributed by atoms with Gasteiger partial charge < -0.3 is 0 Å². The number of para-hydroxylation sites is 1. The summed E-state index contributed by atoms with van der Waals surface area (Å²) in [5.74, 6) is 0. The highest BCUT2D eigenvalue weighted by molar-refractivity contribution is 9.10. The van der Waals surface area contributed by atoms with Crippen molar-refractivity contribution in [3.8, 4) is 11.1 Å². The number of hydrogen-bond acceptors (Lipinski definition) is 2. The maximum absolute atomic E-state index is 4.23. The number of anilines is 4. The fourth-order valence-electron chi connectivity index (χ4n) is 5.67. The first-order valence-electron chi connectivity index (χ1n) is 12.4. The highest BCUT2D eigenvalue weighted by Crippen LogP contribution is 2.71. The van der Waals surface area contributed by atoms with E-state index in [1.165, 1.54) is 39.3 Å². The Balaban J connectivity index is 1.68. The van der Waals surface area contributed by atoms with Crippen LogP contribution in [0.1, 0.15) is 25.0 Å². The van der Waals surface area contributed by atoms with Crippen LogP contribution in [0.4, 0.5) is 22.7 Å². The van der Waals surface area contributed by atoms with Crippen molar-refractivity contribution in [1.29, 1.82) is 0 Å². The molecule has 182 valence electrons. The Morgan fingerprint density at radius 3 is 2.27 bits per heavy atom. The Hall–Kier alpha value is -3.39. The van der Waals surface area contributed by atoms with E-state index in [1.54, 1.807) is 0 Å². The van der Waals surface area contributed by atoms with Gasteiger partial charge in [-0.05, 0) is 53.1 Å². The fraction of sp³-hybridized carbons (Fsp3) is 0.0909. The second-order valence-electron chi connectivity index (χ2n) is 9.78. The van der Waals surface area contributed by atoms with E-state index >= 15 is 0 Å². The first kappa shape index (κ1) is 24.0. The van der Waals surface area contributed by atoms with Crippen LogP contribution in [0.2, 0.25) is 0 Å². The predicted octanol–water partition coefficient (Wildman–Crippen LogP) is 10.6. The van der Waals surface area contributed by atoms with Gasteiger partial charge >= 0.3 is 0 Å². The molecule has 1 heterocycles. The lowest BCUT2D eigenvalue weighted by atomic mass is 9.82. The molecular formula is C33H28BrN2P. The van der Waals surface area contributed by atoms with Gasteiger partial charge in [0.1, 0.15) is 8.22 Å². The van der Waals surface area contributed by atoms with Gasteiger partial charge in [0, 0.05) is 26.5 Å². The lowest BCUT2D eigenvalue weighted by molar-refractivity contribution is 0.660. The zero-order valence-electron chi connectivity index (χ0n) is 21.0. The van der Waals surface area contributed by atoms with Crippen LogP contribution in [0.3, 0.4) is 0 Å². The van der Waals surface area contributed by atoms with Crippen molar-refractivity contribution in [2.75, 3.05) is 9.34 Å². The molecule has 4 aromatic rings. The Morgan fingerprint density at radius 1 is 0.784 bits per heavy atom. The van der Waals surface area contributed by atoms with Crippen LogP contribution in [0.15, 0.2) is 132 Å². The van der Waals surface area contributed by atoms with E-state index in [-0.39, 0.29) is 5.41 Å². The van der Waals surface area contributed by atoms with E-state index in [9.17, 15) is 0 Å². The van der Waals surface area contributed by atoms with Gasteiger partial charge in [-0.15, -0.1) is 0 Å². The minimum atomic E-state index is -1.04. The molecule has 2 aliphatic rings. The highest BCUT2D eigenvalue weighted by atomic mass is 79.9. The molecule has 1 unspecified atom stereocenters.